The molecule has 1 aliphatic rings. The molecular weight excluding hydrogens is 405 g/mol. The minimum atomic E-state index is -3.55. The second-order valence-electron chi connectivity index (χ2n) is 7.64. The maximum absolute atomic E-state index is 13.8. The maximum Gasteiger partial charge on any atom is 0.249 e. The van der Waals surface area contributed by atoms with Gasteiger partial charge in [0.25, 0.3) is 0 Å². The molecule has 5 nitrogen and oxygen atoms in total. The van der Waals surface area contributed by atoms with Gasteiger partial charge in [-0.3, -0.25) is 4.79 Å². The van der Waals surface area contributed by atoms with Crippen LogP contribution in [0.4, 0.5) is 13.2 Å². The fourth-order valence-corrected chi connectivity index (χ4v) is 4.53. The van der Waals surface area contributed by atoms with Crippen LogP contribution in [-0.2, 0) is 21.7 Å². The summed E-state index contributed by atoms with van der Waals surface area (Å²) >= 11 is 0. The molecule has 3 rings (SSSR count). The van der Waals surface area contributed by atoms with Gasteiger partial charge in [-0.25, -0.2) is 22.2 Å². The summed E-state index contributed by atoms with van der Waals surface area (Å²) in [4.78, 5) is 15.6. The third-order valence-electron chi connectivity index (χ3n) is 5.58. The van der Waals surface area contributed by atoms with Crippen molar-refractivity contribution in [3.63, 3.8) is 0 Å². The second-order valence-corrected chi connectivity index (χ2v) is 9.65. The minimum Gasteiger partial charge on any atom is -0.366 e. The number of sulfone groups is 1. The lowest BCUT2D eigenvalue weighted by molar-refractivity contribution is -0.0522. The summed E-state index contributed by atoms with van der Waals surface area (Å²) in [6.45, 7) is 0. The zero-order chi connectivity index (χ0) is 21.4. The van der Waals surface area contributed by atoms with Gasteiger partial charge in [0, 0.05) is 36.3 Å². The first-order chi connectivity index (χ1) is 13.4. The summed E-state index contributed by atoms with van der Waals surface area (Å²) in [5.41, 5.74) is 5.75. The number of carbonyl (C=O) groups excluding carboxylic acids is 1. The monoisotopic (exact) mass is 426 g/mol. The Morgan fingerprint density at radius 3 is 2.31 bits per heavy atom. The Hall–Kier alpha value is -2.42. The molecule has 156 valence electrons. The summed E-state index contributed by atoms with van der Waals surface area (Å²) < 4.78 is 64.6. The second kappa shape index (κ2) is 7.44. The van der Waals surface area contributed by atoms with E-state index >= 15 is 0 Å². The first-order valence-corrected chi connectivity index (χ1v) is 10.9. The Morgan fingerprint density at radius 1 is 1.14 bits per heavy atom. The maximum atomic E-state index is 13.8. The molecule has 0 unspecified atom stereocenters. The van der Waals surface area contributed by atoms with Crippen molar-refractivity contribution in [2.75, 3.05) is 6.26 Å². The standard InChI is InChI=1S/C20H21F3N2O3S/c1-29(27,28)15-4-2-13(16(10-15)18(24)26)11-19(6-8-20(22,23)9-7-19)14-3-5-17(21)25-12-14/h2-5,10,12H,6-9,11H2,1H3,(H2,24,26). The van der Waals surface area contributed by atoms with E-state index in [1.165, 1.54) is 36.5 Å². The van der Waals surface area contributed by atoms with Crippen molar-refractivity contribution in [1.29, 1.82) is 0 Å². The van der Waals surface area contributed by atoms with Crippen LogP contribution in [0, 0.1) is 5.95 Å². The SMILES string of the molecule is CS(=O)(=O)c1ccc(CC2(c3ccc(F)nc3)CCC(F)(F)CC2)c(C(N)=O)c1. The number of benzene rings is 1. The molecule has 0 radical (unpaired) electrons. The van der Waals surface area contributed by atoms with Crippen molar-refractivity contribution in [3.8, 4) is 0 Å². The quantitative estimate of drug-likeness (QED) is 0.742. The molecule has 1 aromatic heterocycles. The molecule has 1 aliphatic carbocycles. The molecule has 1 aromatic carbocycles. The average Bonchev–Trinajstić information content (AvgIpc) is 2.63. The van der Waals surface area contributed by atoms with Crippen LogP contribution < -0.4 is 5.73 Å². The van der Waals surface area contributed by atoms with Crippen molar-refractivity contribution in [2.24, 2.45) is 5.73 Å². The Balaban J connectivity index is 2.07. The van der Waals surface area contributed by atoms with E-state index in [0.29, 0.717) is 11.1 Å². The van der Waals surface area contributed by atoms with Gasteiger partial charge in [0.05, 0.1) is 4.90 Å². The molecule has 0 aliphatic heterocycles. The van der Waals surface area contributed by atoms with Gasteiger partial charge in [-0.05, 0) is 48.6 Å². The number of amides is 1. The van der Waals surface area contributed by atoms with Crippen LogP contribution >= 0.6 is 0 Å². The smallest absolute Gasteiger partial charge is 0.249 e. The molecule has 9 heteroatoms. The lowest BCUT2D eigenvalue weighted by Gasteiger charge is -2.41. The van der Waals surface area contributed by atoms with Crippen molar-refractivity contribution in [3.05, 3.63) is 59.2 Å². The van der Waals surface area contributed by atoms with Crippen LogP contribution in [-0.4, -0.2) is 31.5 Å². The third kappa shape index (κ3) is 4.60. The van der Waals surface area contributed by atoms with Gasteiger partial charge in [0.1, 0.15) is 0 Å². The van der Waals surface area contributed by atoms with E-state index in [9.17, 15) is 26.4 Å². The third-order valence-corrected chi connectivity index (χ3v) is 6.69. The first-order valence-electron chi connectivity index (χ1n) is 9.05. The Kier molecular flexibility index (Phi) is 5.46. The number of nitrogens with zero attached hydrogens (tertiary/aromatic N) is 1. The minimum absolute atomic E-state index is 0.0275. The van der Waals surface area contributed by atoms with E-state index in [1.807, 2.05) is 0 Å². The molecule has 1 fully saturated rings. The number of primary amides is 1. The molecule has 1 heterocycles. The number of alkyl halides is 2. The zero-order valence-corrected chi connectivity index (χ0v) is 16.6. The largest absolute Gasteiger partial charge is 0.366 e. The zero-order valence-electron chi connectivity index (χ0n) is 15.8. The van der Waals surface area contributed by atoms with E-state index < -0.39 is 33.0 Å². The molecule has 0 atom stereocenters. The van der Waals surface area contributed by atoms with E-state index in [-0.39, 0.29) is 42.6 Å². The summed E-state index contributed by atoms with van der Waals surface area (Å²) in [5, 5.41) is 0. The van der Waals surface area contributed by atoms with Crippen LogP contribution in [0.2, 0.25) is 0 Å². The number of pyridine rings is 1. The molecule has 29 heavy (non-hydrogen) atoms. The van der Waals surface area contributed by atoms with E-state index in [4.69, 9.17) is 5.73 Å². The highest BCUT2D eigenvalue weighted by Crippen LogP contribution is 2.47. The lowest BCUT2D eigenvalue weighted by atomic mass is 9.65. The highest BCUT2D eigenvalue weighted by Gasteiger charge is 2.44. The fraction of sp³-hybridized carbons (Fsp3) is 0.400. The number of rotatable bonds is 5. The summed E-state index contributed by atoms with van der Waals surface area (Å²) in [7, 11) is -3.55. The van der Waals surface area contributed by atoms with Crippen molar-refractivity contribution in [1.82, 2.24) is 4.98 Å². The topological polar surface area (TPSA) is 90.1 Å². The lowest BCUT2D eigenvalue weighted by Crippen LogP contribution is -2.39. The predicted molar refractivity (Wildman–Crippen MR) is 101 cm³/mol. The van der Waals surface area contributed by atoms with Crippen molar-refractivity contribution in [2.45, 2.75) is 48.3 Å². The Labute approximate surface area is 167 Å². The number of hydrogen-bond acceptors (Lipinski definition) is 4. The number of nitrogens with two attached hydrogens (primary N) is 1. The van der Waals surface area contributed by atoms with Crippen LogP contribution in [0.5, 0.6) is 0 Å². The first kappa shape index (κ1) is 21.3. The molecular formula is C20H21F3N2O3S. The van der Waals surface area contributed by atoms with Crippen LogP contribution in [0.3, 0.4) is 0 Å². The van der Waals surface area contributed by atoms with Crippen LogP contribution in [0.25, 0.3) is 0 Å². The highest BCUT2D eigenvalue weighted by atomic mass is 32.2. The van der Waals surface area contributed by atoms with Gasteiger partial charge in [0.15, 0.2) is 9.84 Å². The highest BCUT2D eigenvalue weighted by molar-refractivity contribution is 7.90. The summed E-state index contributed by atoms with van der Waals surface area (Å²) in [6.07, 6.45) is 2.04. The Morgan fingerprint density at radius 2 is 1.79 bits per heavy atom. The summed E-state index contributed by atoms with van der Waals surface area (Å²) in [6, 6.07) is 6.75. The van der Waals surface area contributed by atoms with Crippen LogP contribution in [0.1, 0.15) is 47.2 Å². The molecule has 1 amide bonds. The van der Waals surface area contributed by atoms with Gasteiger partial charge < -0.3 is 5.73 Å². The normalized spacial score (nSPS) is 18.3. The molecule has 0 bridgehead atoms. The molecule has 2 aromatic rings. The van der Waals surface area contributed by atoms with Gasteiger partial charge in [-0.15, -0.1) is 0 Å². The number of aromatic nitrogens is 1. The number of carbonyl (C=O) groups is 1. The molecule has 0 saturated heterocycles. The van der Waals surface area contributed by atoms with Gasteiger partial charge in [-0.2, -0.15) is 4.39 Å². The fourth-order valence-electron chi connectivity index (χ4n) is 3.89. The molecule has 1 saturated carbocycles. The van der Waals surface area contributed by atoms with Crippen molar-refractivity contribution >= 4 is 15.7 Å². The average molecular weight is 426 g/mol. The van der Waals surface area contributed by atoms with E-state index in [2.05, 4.69) is 4.98 Å². The number of halogens is 3. The van der Waals surface area contributed by atoms with Crippen molar-refractivity contribution < 1.29 is 26.4 Å². The molecule has 2 N–H and O–H groups in total. The van der Waals surface area contributed by atoms with E-state index in [1.54, 1.807) is 0 Å². The Bertz CT molecular complexity index is 1030. The van der Waals surface area contributed by atoms with E-state index in [0.717, 1.165) is 6.26 Å². The van der Waals surface area contributed by atoms with Gasteiger partial charge >= 0.3 is 0 Å². The van der Waals surface area contributed by atoms with Crippen LogP contribution in [0.15, 0.2) is 41.4 Å². The van der Waals surface area contributed by atoms with Gasteiger partial charge in [-0.1, -0.05) is 12.1 Å². The van der Waals surface area contributed by atoms with Gasteiger partial charge in [0.2, 0.25) is 17.8 Å². The predicted octanol–water partition coefficient (Wildman–Crippen LogP) is 3.41. The summed E-state index contributed by atoms with van der Waals surface area (Å²) in [5.74, 6) is -4.27. The molecule has 0 spiro atoms. The number of hydrogen-bond donors (Lipinski definition) is 1.